The van der Waals surface area contributed by atoms with Gasteiger partial charge < -0.3 is 5.32 Å². The number of hydrogen-bond donors (Lipinski definition) is 2. The fraction of sp³-hybridized carbons (Fsp3) is 0.294. The van der Waals surface area contributed by atoms with Gasteiger partial charge in [0.1, 0.15) is 0 Å². The molecular formula is C17H22N2O2S. The first-order valence-electron chi connectivity index (χ1n) is 7.39. The molecule has 0 fully saturated rings. The van der Waals surface area contributed by atoms with Crippen LogP contribution in [0.2, 0.25) is 0 Å². The Labute approximate surface area is 132 Å². The number of nitrogens with one attached hydrogen (secondary N) is 2. The summed E-state index contributed by atoms with van der Waals surface area (Å²) in [4.78, 5) is 0.315. The number of benzene rings is 2. The van der Waals surface area contributed by atoms with Gasteiger partial charge in [-0.2, -0.15) is 0 Å². The minimum absolute atomic E-state index is 0.315. The van der Waals surface area contributed by atoms with Crippen molar-refractivity contribution in [3.63, 3.8) is 0 Å². The van der Waals surface area contributed by atoms with Crippen LogP contribution in [0.4, 0.5) is 0 Å². The van der Waals surface area contributed by atoms with Crippen LogP contribution >= 0.6 is 0 Å². The van der Waals surface area contributed by atoms with Crippen molar-refractivity contribution < 1.29 is 8.42 Å². The van der Waals surface area contributed by atoms with Crippen molar-refractivity contribution >= 4 is 10.0 Å². The maximum atomic E-state index is 12.1. The third kappa shape index (κ3) is 5.26. The van der Waals surface area contributed by atoms with E-state index in [0.717, 1.165) is 25.1 Å². The van der Waals surface area contributed by atoms with Crippen LogP contribution in [0.25, 0.3) is 0 Å². The lowest BCUT2D eigenvalue weighted by molar-refractivity contribution is 0.573. The summed E-state index contributed by atoms with van der Waals surface area (Å²) >= 11 is 0. The standard InChI is InChI=1S/C17H22N2O2S/c1-15-8-10-17(11-9-15)22(20,21)19-13-5-12-18-14-16-6-3-2-4-7-16/h2-4,6-11,18-19H,5,12-14H2,1H3. The average Bonchev–Trinajstić information content (AvgIpc) is 2.52. The Hall–Kier alpha value is -1.69. The van der Waals surface area contributed by atoms with Crippen LogP contribution in [-0.2, 0) is 16.6 Å². The van der Waals surface area contributed by atoms with Gasteiger partial charge in [-0.05, 0) is 37.6 Å². The Morgan fingerprint density at radius 2 is 1.59 bits per heavy atom. The molecular weight excluding hydrogens is 296 g/mol. The summed E-state index contributed by atoms with van der Waals surface area (Å²) in [6.45, 7) is 3.93. The number of sulfonamides is 1. The largest absolute Gasteiger partial charge is 0.313 e. The van der Waals surface area contributed by atoms with Gasteiger partial charge in [0, 0.05) is 13.1 Å². The Morgan fingerprint density at radius 3 is 2.27 bits per heavy atom. The summed E-state index contributed by atoms with van der Waals surface area (Å²) in [5.74, 6) is 0. The monoisotopic (exact) mass is 318 g/mol. The van der Waals surface area contributed by atoms with Gasteiger partial charge in [-0.15, -0.1) is 0 Å². The van der Waals surface area contributed by atoms with Crippen LogP contribution in [-0.4, -0.2) is 21.5 Å². The summed E-state index contributed by atoms with van der Waals surface area (Å²) in [6.07, 6.45) is 0.748. The quantitative estimate of drug-likeness (QED) is 0.735. The molecule has 0 atom stereocenters. The molecule has 22 heavy (non-hydrogen) atoms. The second-order valence-electron chi connectivity index (χ2n) is 5.23. The lowest BCUT2D eigenvalue weighted by Crippen LogP contribution is -2.27. The molecule has 0 amide bonds. The van der Waals surface area contributed by atoms with Gasteiger partial charge in [-0.25, -0.2) is 13.1 Å². The highest BCUT2D eigenvalue weighted by Crippen LogP contribution is 2.09. The van der Waals surface area contributed by atoms with Gasteiger partial charge in [-0.1, -0.05) is 48.0 Å². The number of hydrogen-bond acceptors (Lipinski definition) is 3. The van der Waals surface area contributed by atoms with E-state index < -0.39 is 10.0 Å². The van der Waals surface area contributed by atoms with Crippen molar-refractivity contribution in [2.75, 3.05) is 13.1 Å². The third-order valence-corrected chi connectivity index (χ3v) is 4.80. The molecule has 0 saturated heterocycles. The molecule has 0 aliphatic carbocycles. The van der Waals surface area contributed by atoms with Crippen molar-refractivity contribution in [3.8, 4) is 0 Å². The Morgan fingerprint density at radius 1 is 0.909 bits per heavy atom. The summed E-state index contributed by atoms with van der Waals surface area (Å²) in [5, 5.41) is 3.30. The molecule has 0 aliphatic heterocycles. The highest BCUT2D eigenvalue weighted by Gasteiger charge is 2.12. The fourth-order valence-electron chi connectivity index (χ4n) is 2.05. The maximum absolute atomic E-state index is 12.1. The lowest BCUT2D eigenvalue weighted by Gasteiger charge is -2.08. The van der Waals surface area contributed by atoms with Crippen LogP contribution < -0.4 is 10.0 Å². The van der Waals surface area contributed by atoms with E-state index in [1.165, 1.54) is 5.56 Å². The molecule has 2 rings (SSSR count). The predicted molar refractivity (Wildman–Crippen MR) is 89.1 cm³/mol. The Balaban J connectivity index is 1.68. The van der Waals surface area contributed by atoms with Crippen LogP contribution in [0.5, 0.6) is 0 Å². The first kappa shape index (κ1) is 16.7. The van der Waals surface area contributed by atoms with Gasteiger partial charge in [0.25, 0.3) is 0 Å². The van der Waals surface area contributed by atoms with Crippen molar-refractivity contribution in [3.05, 3.63) is 65.7 Å². The van der Waals surface area contributed by atoms with E-state index >= 15 is 0 Å². The minimum Gasteiger partial charge on any atom is -0.313 e. The summed E-state index contributed by atoms with van der Waals surface area (Å²) in [6, 6.07) is 17.0. The molecule has 0 bridgehead atoms. The van der Waals surface area contributed by atoms with Gasteiger partial charge in [0.2, 0.25) is 10.0 Å². The second-order valence-corrected chi connectivity index (χ2v) is 6.99. The molecule has 2 aromatic rings. The molecule has 0 saturated carbocycles. The molecule has 5 heteroatoms. The third-order valence-electron chi connectivity index (χ3n) is 3.33. The minimum atomic E-state index is -3.39. The Bertz CT molecular complexity index is 668. The summed E-state index contributed by atoms with van der Waals surface area (Å²) in [7, 11) is -3.39. The highest BCUT2D eigenvalue weighted by atomic mass is 32.2. The zero-order chi connectivity index (χ0) is 15.8. The van der Waals surface area contributed by atoms with Crippen molar-refractivity contribution in [2.24, 2.45) is 0 Å². The molecule has 2 aromatic carbocycles. The molecule has 118 valence electrons. The van der Waals surface area contributed by atoms with Crippen LogP contribution in [0, 0.1) is 6.92 Å². The number of rotatable bonds is 8. The number of aryl methyl sites for hydroxylation is 1. The Kier molecular flexibility index (Phi) is 6.12. The molecule has 0 spiro atoms. The summed E-state index contributed by atoms with van der Waals surface area (Å²) in [5.41, 5.74) is 2.27. The predicted octanol–water partition coefficient (Wildman–Crippen LogP) is 2.45. The fourth-order valence-corrected chi connectivity index (χ4v) is 3.12. The average molecular weight is 318 g/mol. The van der Waals surface area contributed by atoms with E-state index in [-0.39, 0.29) is 0 Å². The van der Waals surface area contributed by atoms with Gasteiger partial charge in [0.15, 0.2) is 0 Å². The van der Waals surface area contributed by atoms with E-state index in [4.69, 9.17) is 0 Å². The van der Waals surface area contributed by atoms with Gasteiger partial charge in [0.05, 0.1) is 4.90 Å². The second kappa shape index (κ2) is 8.08. The molecule has 0 heterocycles. The first-order valence-corrected chi connectivity index (χ1v) is 8.87. The smallest absolute Gasteiger partial charge is 0.240 e. The topological polar surface area (TPSA) is 58.2 Å². The SMILES string of the molecule is Cc1ccc(S(=O)(=O)NCCCNCc2ccccc2)cc1. The molecule has 4 nitrogen and oxygen atoms in total. The lowest BCUT2D eigenvalue weighted by atomic mass is 10.2. The van der Waals surface area contributed by atoms with E-state index in [1.54, 1.807) is 24.3 Å². The van der Waals surface area contributed by atoms with Gasteiger partial charge in [-0.3, -0.25) is 0 Å². The maximum Gasteiger partial charge on any atom is 0.240 e. The van der Waals surface area contributed by atoms with E-state index in [2.05, 4.69) is 22.2 Å². The van der Waals surface area contributed by atoms with Gasteiger partial charge >= 0.3 is 0 Å². The highest BCUT2D eigenvalue weighted by molar-refractivity contribution is 7.89. The normalized spacial score (nSPS) is 11.5. The first-order chi connectivity index (χ1) is 10.6. The van der Waals surface area contributed by atoms with Crippen LogP contribution in [0.15, 0.2) is 59.5 Å². The van der Waals surface area contributed by atoms with Crippen molar-refractivity contribution in [1.29, 1.82) is 0 Å². The zero-order valence-electron chi connectivity index (χ0n) is 12.7. The molecule has 2 N–H and O–H groups in total. The van der Waals surface area contributed by atoms with Crippen molar-refractivity contribution in [1.82, 2.24) is 10.0 Å². The van der Waals surface area contributed by atoms with E-state index in [0.29, 0.717) is 11.4 Å². The van der Waals surface area contributed by atoms with Crippen LogP contribution in [0.1, 0.15) is 17.5 Å². The van der Waals surface area contributed by atoms with E-state index in [9.17, 15) is 8.42 Å². The molecule has 0 radical (unpaired) electrons. The van der Waals surface area contributed by atoms with Crippen LogP contribution in [0.3, 0.4) is 0 Å². The molecule has 0 aromatic heterocycles. The molecule has 0 aliphatic rings. The summed E-state index contributed by atoms with van der Waals surface area (Å²) < 4.78 is 26.8. The van der Waals surface area contributed by atoms with Crippen molar-refractivity contribution in [2.45, 2.75) is 24.8 Å². The van der Waals surface area contributed by atoms with E-state index in [1.807, 2.05) is 25.1 Å². The zero-order valence-corrected chi connectivity index (χ0v) is 13.6. The molecule has 0 unspecified atom stereocenters.